The smallest absolute Gasteiger partial charge is 0.332 e. The normalized spacial score (nSPS) is 24.5. The number of ether oxygens (including phenoxy) is 1. The zero-order valence-electron chi connectivity index (χ0n) is 8.66. The minimum Gasteiger partial charge on any atom is -0.479 e. The second kappa shape index (κ2) is 5.98. The number of hydrogen-bond donors (Lipinski definition) is 2. The topological polar surface area (TPSA) is 58.6 Å². The van der Waals surface area contributed by atoms with Crippen LogP contribution in [0.5, 0.6) is 0 Å². The lowest BCUT2D eigenvalue weighted by Crippen LogP contribution is -2.31. The molecule has 0 aromatic rings. The fraction of sp³-hybridized carbons (Fsp3) is 0.900. The number of carboxylic acid groups (broad SMARTS) is 1. The van der Waals surface area contributed by atoms with Crippen molar-refractivity contribution in [2.75, 3.05) is 19.7 Å². The Morgan fingerprint density at radius 2 is 2.50 bits per heavy atom. The average Bonchev–Trinajstić information content (AvgIpc) is 2.19. The number of rotatable bonds is 5. The van der Waals surface area contributed by atoms with Crippen LogP contribution in [0.1, 0.15) is 26.2 Å². The van der Waals surface area contributed by atoms with Crippen LogP contribution in [0.3, 0.4) is 0 Å². The van der Waals surface area contributed by atoms with Gasteiger partial charge in [-0.15, -0.1) is 0 Å². The first-order chi connectivity index (χ1) is 6.70. The summed E-state index contributed by atoms with van der Waals surface area (Å²) in [5.74, 6) is -0.225. The van der Waals surface area contributed by atoms with Crippen molar-refractivity contribution in [1.29, 1.82) is 0 Å². The van der Waals surface area contributed by atoms with Gasteiger partial charge in [0.25, 0.3) is 0 Å². The minimum atomic E-state index is -0.883. The van der Waals surface area contributed by atoms with Gasteiger partial charge in [0, 0.05) is 6.61 Å². The molecule has 0 saturated carbocycles. The molecule has 2 unspecified atom stereocenters. The summed E-state index contributed by atoms with van der Waals surface area (Å²) in [6, 6.07) is 0. The summed E-state index contributed by atoms with van der Waals surface area (Å²) in [6.45, 7) is 4.29. The monoisotopic (exact) mass is 201 g/mol. The summed E-state index contributed by atoms with van der Waals surface area (Å²) in [5.41, 5.74) is 0. The van der Waals surface area contributed by atoms with Crippen molar-refractivity contribution in [3.63, 3.8) is 0 Å². The second-order valence-electron chi connectivity index (χ2n) is 3.85. The van der Waals surface area contributed by atoms with Crippen LogP contribution in [0.2, 0.25) is 0 Å². The Morgan fingerprint density at radius 3 is 3.07 bits per heavy atom. The summed E-state index contributed by atoms with van der Waals surface area (Å²) in [6.07, 6.45) is 2.74. The van der Waals surface area contributed by atoms with E-state index in [-0.39, 0.29) is 0 Å². The fourth-order valence-corrected chi connectivity index (χ4v) is 1.65. The van der Waals surface area contributed by atoms with E-state index in [4.69, 9.17) is 9.84 Å². The van der Waals surface area contributed by atoms with Crippen LogP contribution in [0.15, 0.2) is 0 Å². The van der Waals surface area contributed by atoms with Crippen molar-refractivity contribution in [2.24, 2.45) is 5.92 Å². The van der Waals surface area contributed by atoms with Crippen LogP contribution in [-0.2, 0) is 9.53 Å². The highest BCUT2D eigenvalue weighted by molar-refractivity contribution is 5.71. The Morgan fingerprint density at radius 1 is 1.71 bits per heavy atom. The van der Waals surface area contributed by atoms with Crippen molar-refractivity contribution in [3.8, 4) is 0 Å². The summed E-state index contributed by atoms with van der Waals surface area (Å²) in [7, 11) is 0. The van der Waals surface area contributed by atoms with E-state index in [9.17, 15) is 4.79 Å². The third-order valence-electron chi connectivity index (χ3n) is 2.64. The van der Waals surface area contributed by atoms with Gasteiger partial charge in [-0.1, -0.05) is 0 Å². The molecule has 4 nitrogen and oxygen atoms in total. The van der Waals surface area contributed by atoms with E-state index < -0.39 is 12.1 Å². The zero-order valence-corrected chi connectivity index (χ0v) is 8.66. The van der Waals surface area contributed by atoms with Crippen molar-refractivity contribution < 1.29 is 14.6 Å². The van der Waals surface area contributed by atoms with Gasteiger partial charge in [-0.05, 0) is 45.2 Å². The van der Waals surface area contributed by atoms with E-state index in [0.29, 0.717) is 12.5 Å². The lowest BCUT2D eigenvalue weighted by atomic mass is 9.97. The van der Waals surface area contributed by atoms with Crippen molar-refractivity contribution >= 4 is 5.97 Å². The number of carboxylic acids is 1. The van der Waals surface area contributed by atoms with E-state index in [2.05, 4.69) is 5.32 Å². The molecule has 2 N–H and O–H groups in total. The molecule has 1 rings (SSSR count). The van der Waals surface area contributed by atoms with E-state index in [1.165, 1.54) is 12.8 Å². The van der Waals surface area contributed by atoms with Gasteiger partial charge in [0.05, 0.1) is 0 Å². The van der Waals surface area contributed by atoms with Crippen molar-refractivity contribution in [1.82, 2.24) is 5.32 Å². The van der Waals surface area contributed by atoms with Gasteiger partial charge in [0.1, 0.15) is 0 Å². The van der Waals surface area contributed by atoms with Gasteiger partial charge in [0.15, 0.2) is 6.10 Å². The third kappa shape index (κ3) is 4.07. The van der Waals surface area contributed by atoms with Gasteiger partial charge in [-0.2, -0.15) is 0 Å². The highest BCUT2D eigenvalue weighted by Crippen LogP contribution is 2.14. The third-order valence-corrected chi connectivity index (χ3v) is 2.64. The number of piperidine rings is 1. The van der Waals surface area contributed by atoms with Crippen LogP contribution in [-0.4, -0.2) is 36.9 Å². The first kappa shape index (κ1) is 11.5. The number of nitrogens with one attached hydrogen (secondary N) is 1. The minimum absolute atomic E-state index is 0.555. The molecular formula is C10H19NO3. The number of aliphatic carboxylic acids is 1. The second-order valence-corrected chi connectivity index (χ2v) is 3.85. The van der Waals surface area contributed by atoms with E-state index in [1.807, 2.05) is 0 Å². The molecule has 0 aromatic carbocycles. The molecule has 2 atom stereocenters. The molecule has 1 aliphatic rings. The Hall–Kier alpha value is -0.610. The Bertz CT molecular complexity index is 178. The molecule has 1 heterocycles. The van der Waals surface area contributed by atoms with Crippen LogP contribution in [0.25, 0.3) is 0 Å². The summed E-state index contributed by atoms with van der Waals surface area (Å²) in [4.78, 5) is 10.4. The molecule has 1 aliphatic heterocycles. The molecule has 0 aromatic heterocycles. The predicted octanol–water partition coefficient (Wildman–Crippen LogP) is 0.866. The van der Waals surface area contributed by atoms with Gasteiger partial charge in [0.2, 0.25) is 0 Å². The molecule has 0 amide bonds. The molecular weight excluding hydrogens is 182 g/mol. The molecule has 14 heavy (non-hydrogen) atoms. The van der Waals surface area contributed by atoms with Gasteiger partial charge < -0.3 is 15.2 Å². The highest BCUT2D eigenvalue weighted by atomic mass is 16.5. The molecule has 0 radical (unpaired) electrons. The fourth-order valence-electron chi connectivity index (χ4n) is 1.65. The Kier molecular flexibility index (Phi) is 4.90. The quantitative estimate of drug-likeness (QED) is 0.693. The average molecular weight is 201 g/mol. The summed E-state index contributed by atoms with van der Waals surface area (Å²) in [5, 5.41) is 11.9. The lowest BCUT2D eigenvalue weighted by molar-refractivity contribution is -0.149. The molecule has 0 spiro atoms. The SMILES string of the molecule is CC(OCCC1CCCNC1)C(=O)O. The molecule has 1 saturated heterocycles. The van der Waals surface area contributed by atoms with Crippen LogP contribution >= 0.6 is 0 Å². The Labute approximate surface area is 84.6 Å². The van der Waals surface area contributed by atoms with Gasteiger partial charge >= 0.3 is 5.97 Å². The lowest BCUT2D eigenvalue weighted by Gasteiger charge is -2.22. The first-order valence-corrected chi connectivity index (χ1v) is 5.25. The summed E-state index contributed by atoms with van der Waals surface area (Å²) >= 11 is 0. The molecule has 0 aliphatic carbocycles. The standard InChI is InChI=1S/C10H19NO3/c1-8(10(12)13)14-6-4-9-3-2-5-11-7-9/h8-9,11H,2-7H2,1H3,(H,12,13). The maximum atomic E-state index is 10.4. The summed E-state index contributed by atoms with van der Waals surface area (Å²) < 4.78 is 5.18. The van der Waals surface area contributed by atoms with Crippen LogP contribution in [0.4, 0.5) is 0 Å². The highest BCUT2D eigenvalue weighted by Gasteiger charge is 2.15. The number of hydrogen-bond acceptors (Lipinski definition) is 3. The maximum absolute atomic E-state index is 10.4. The van der Waals surface area contributed by atoms with E-state index in [1.54, 1.807) is 6.92 Å². The van der Waals surface area contributed by atoms with Crippen molar-refractivity contribution in [2.45, 2.75) is 32.3 Å². The number of carbonyl (C=O) groups is 1. The molecule has 82 valence electrons. The Balaban J connectivity index is 2.05. The van der Waals surface area contributed by atoms with E-state index in [0.717, 1.165) is 19.5 Å². The molecule has 1 fully saturated rings. The van der Waals surface area contributed by atoms with Crippen LogP contribution < -0.4 is 5.32 Å². The van der Waals surface area contributed by atoms with E-state index >= 15 is 0 Å². The first-order valence-electron chi connectivity index (χ1n) is 5.25. The predicted molar refractivity (Wildman–Crippen MR) is 53.3 cm³/mol. The van der Waals surface area contributed by atoms with Crippen molar-refractivity contribution in [3.05, 3.63) is 0 Å². The van der Waals surface area contributed by atoms with Gasteiger partial charge in [-0.25, -0.2) is 4.79 Å². The maximum Gasteiger partial charge on any atom is 0.332 e. The largest absolute Gasteiger partial charge is 0.479 e. The molecule has 0 bridgehead atoms. The van der Waals surface area contributed by atoms with Crippen LogP contribution in [0, 0.1) is 5.92 Å². The molecule has 4 heteroatoms. The van der Waals surface area contributed by atoms with Gasteiger partial charge in [-0.3, -0.25) is 0 Å². The zero-order chi connectivity index (χ0) is 10.4.